The fourth-order valence-corrected chi connectivity index (χ4v) is 2.59. The lowest BCUT2D eigenvalue weighted by atomic mass is 10.1. The van der Waals surface area contributed by atoms with E-state index in [4.69, 9.17) is 0 Å². The molecule has 1 saturated heterocycles. The minimum Gasteiger partial charge on any atom is -0.388 e. The Labute approximate surface area is 121 Å². The molecule has 0 spiro atoms. The van der Waals surface area contributed by atoms with Crippen molar-refractivity contribution < 1.29 is 4.79 Å². The maximum atomic E-state index is 12.4. The predicted octanol–water partition coefficient (Wildman–Crippen LogP) is 2.28. The molecule has 4 nitrogen and oxygen atoms in total. The Morgan fingerprint density at radius 2 is 1.80 bits per heavy atom. The summed E-state index contributed by atoms with van der Waals surface area (Å²) in [5.74, 6) is 0.149. The van der Waals surface area contributed by atoms with Gasteiger partial charge < -0.3 is 10.2 Å². The Bertz CT molecular complexity index is 436. The second-order valence-corrected chi connectivity index (χ2v) is 5.41. The summed E-state index contributed by atoms with van der Waals surface area (Å²) in [5.41, 5.74) is 1.81. The van der Waals surface area contributed by atoms with Gasteiger partial charge in [-0.05, 0) is 37.6 Å². The first kappa shape index (κ1) is 14.9. The number of benzene rings is 1. The number of piperazine rings is 1. The molecule has 1 N–H and O–H groups in total. The first-order chi connectivity index (χ1) is 9.65. The SMILES string of the molecule is CCC(C)N1CCN(C(=O)c2ccc(NC)cc2)CC1. The first-order valence-corrected chi connectivity index (χ1v) is 7.46. The van der Waals surface area contributed by atoms with Crippen LogP contribution >= 0.6 is 0 Å². The fraction of sp³-hybridized carbons (Fsp3) is 0.562. The molecule has 0 saturated carbocycles. The molecule has 1 atom stereocenters. The van der Waals surface area contributed by atoms with Crippen LogP contribution in [0.2, 0.25) is 0 Å². The number of nitrogens with zero attached hydrogens (tertiary/aromatic N) is 2. The van der Waals surface area contributed by atoms with Gasteiger partial charge in [0.2, 0.25) is 0 Å². The number of hydrogen-bond acceptors (Lipinski definition) is 3. The Morgan fingerprint density at radius 1 is 1.20 bits per heavy atom. The van der Waals surface area contributed by atoms with Crippen molar-refractivity contribution >= 4 is 11.6 Å². The summed E-state index contributed by atoms with van der Waals surface area (Å²) >= 11 is 0. The summed E-state index contributed by atoms with van der Waals surface area (Å²) in [6.07, 6.45) is 1.17. The molecule has 0 bridgehead atoms. The average Bonchev–Trinajstić information content (AvgIpc) is 2.53. The normalized spacial score (nSPS) is 17.9. The van der Waals surface area contributed by atoms with Gasteiger partial charge in [-0.2, -0.15) is 0 Å². The van der Waals surface area contributed by atoms with Gasteiger partial charge in [0.25, 0.3) is 5.91 Å². The summed E-state index contributed by atoms with van der Waals surface area (Å²) in [5, 5.41) is 3.07. The van der Waals surface area contributed by atoms with E-state index < -0.39 is 0 Å². The second-order valence-electron chi connectivity index (χ2n) is 5.41. The van der Waals surface area contributed by atoms with E-state index in [9.17, 15) is 4.79 Å². The van der Waals surface area contributed by atoms with Gasteiger partial charge in [0.15, 0.2) is 0 Å². The predicted molar refractivity (Wildman–Crippen MR) is 83.2 cm³/mol. The summed E-state index contributed by atoms with van der Waals surface area (Å²) < 4.78 is 0. The molecule has 1 aromatic carbocycles. The highest BCUT2D eigenvalue weighted by Crippen LogP contribution is 2.14. The van der Waals surface area contributed by atoms with Gasteiger partial charge in [0.05, 0.1) is 0 Å². The minimum atomic E-state index is 0.149. The zero-order valence-electron chi connectivity index (χ0n) is 12.7. The summed E-state index contributed by atoms with van der Waals surface area (Å²) in [7, 11) is 1.88. The van der Waals surface area contributed by atoms with E-state index in [1.54, 1.807) is 0 Å². The minimum absolute atomic E-state index is 0.149. The van der Waals surface area contributed by atoms with Gasteiger partial charge >= 0.3 is 0 Å². The highest BCUT2D eigenvalue weighted by atomic mass is 16.2. The second kappa shape index (κ2) is 6.75. The van der Waals surface area contributed by atoms with Gasteiger partial charge in [-0.15, -0.1) is 0 Å². The molecule has 1 aromatic rings. The molecule has 1 amide bonds. The van der Waals surface area contributed by atoms with E-state index in [0.717, 1.165) is 37.4 Å². The molecule has 1 unspecified atom stereocenters. The Balaban J connectivity index is 1.94. The highest BCUT2D eigenvalue weighted by molar-refractivity contribution is 5.94. The largest absolute Gasteiger partial charge is 0.388 e. The van der Waals surface area contributed by atoms with Gasteiger partial charge in [-0.3, -0.25) is 9.69 Å². The van der Waals surface area contributed by atoms with Crippen LogP contribution in [0.5, 0.6) is 0 Å². The molecule has 110 valence electrons. The molecule has 2 rings (SSSR count). The topological polar surface area (TPSA) is 35.6 Å². The van der Waals surface area contributed by atoms with Crippen LogP contribution in [0.25, 0.3) is 0 Å². The maximum absolute atomic E-state index is 12.4. The van der Waals surface area contributed by atoms with Crippen LogP contribution < -0.4 is 5.32 Å². The average molecular weight is 275 g/mol. The Kier molecular flexibility index (Phi) is 5.01. The number of nitrogens with one attached hydrogen (secondary N) is 1. The molecular weight excluding hydrogens is 250 g/mol. The van der Waals surface area contributed by atoms with E-state index in [1.807, 2.05) is 36.2 Å². The lowest BCUT2D eigenvalue weighted by molar-refractivity contribution is 0.0579. The third-order valence-corrected chi connectivity index (χ3v) is 4.24. The third-order valence-electron chi connectivity index (χ3n) is 4.24. The van der Waals surface area contributed by atoms with E-state index >= 15 is 0 Å². The van der Waals surface area contributed by atoms with Crippen LogP contribution in [0.4, 0.5) is 5.69 Å². The lowest BCUT2D eigenvalue weighted by Crippen LogP contribution is -2.51. The van der Waals surface area contributed by atoms with Gasteiger partial charge in [-0.1, -0.05) is 6.92 Å². The van der Waals surface area contributed by atoms with Crippen LogP contribution in [-0.4, -0.2) is 55.0 Å². The molecule has 1 aliphatic heterocycles. The molecule has 1 aliphatic rings. The van der Waals surface area contributed by atoms with Crippen molar-refractivity contribution in [1.29, 1.82) is 0 Å². The summed E-state index contributed by atoms with van der Waals surface area (Å²) in [6, 6.07) is 8.30. The molecule has 1 heterocycles. The first-order valence-electron chi connectivity index (χ1n) is 7.46. The zero-order chi connectivity index (χ0) is 14.5. The van der Waals surface area contributed by atoms with Crippen LogP contribution in [-0.2, 0) is 0 Å². The van der Waals surface area contributed by atoms with Crippen LogP contribution in [0.3, 0.4) is 0 Å². The van der Waals surface area contributed by atoms with Gasteiger partial charge in [0.1, 0.15) is 0 Å². The molecule has 0 aromatic heterocycles. The van der Waals surface area contributed by atoms with Crippen LogP contribution in [0.1, 0.15) is 30.6 Å². The number of hydrogen-bond donors (Lipinski definition) is 1. The smallest absolute Gasteiger partial charge is 0.253 e. The van der Waals surface area contributed by atoms with Crippen LogP contribution in [0, 0.1) is 0 Å². The Morgan fingerprint density at radius 3 is 2.30 bits per heavy atom. The number of carbonyl (C=O) groups is 1. The van der Waals surface area contributed by atoms with Crippen molar-refractivity contribution in [1.82, 2.24) is 9.80 Å². The number of amides is 1. The number of carbonyl (C=O) groups excluding carboxylic acids is 1. The lowest BCUT2D eigenvalue weighted by Gasteiger charge is -2.37. The molecule has 1 fully saturated rings. The van der Waals surface area contributed by atoms with E-state index in [1.165, 1.54) is 6.42 Å². The molecule has 20 heavy (non-hydrogen) atoms. The van der Waals surface area contributed by atoms with Gasteiger partial charge in [-0.25, -0.2) is 0 Å². The Hall–Kier alpha value is -1.55. The zero-order valence-corrected chi connectivity index (χ0v) is 12.7. The van der Waals surface area contributed by atoms with Crippen molar-refractivity contribution in [3.05, 3.63) is 29.8 Å². The summed E-state index contributed by atoms with van der Waals surface area (Å²) in [6.45, 7) is 8.10. The fourth-order valence-electron chi connectivity index (χ4n) is 2.59. The molecule has 0 radical (unpaired) electrons. The van der Waals surface area contributed by atoms with Crippen LogP contribution in [0.15, 0.2) is 24.3 Å². The van der Waals surface area contributed by atoms with Crippen molar-refractivity contribution in [2.75, 3.05) is 38.5 Å². The third kappa shape index (κ3) is 3.31. The monoisotopic (exact) mass is 275 g/mol. The van der Waals surface area contributed by atoms with Gasteiger partial charge in [0, 0.05) is 50.5 Å². The maximum Gasteiger partial charge on any atom is 0.253 e. The van der Waals surface area contributed by atoms with E-state index in [0.29, 0.717) is 6.04 Å². The quantitative estimate of drug-likeness (QED) is 0.915. The molecule has 4 heteroatoms. The number of rotatable bonds is 4. The van der Waals surface area contributed by atoms with Crippen molar-refractivity contribution in [2.45, 2.75) is 26.3 Å². The van der Waals surface area contributed by atoms with Crippen molar-refractivity contribution in [3.8, 4) is 0 Å². The molecule has 0 aliphatic carbocycles. The van der Waals surface area contributed by atoms with E-state index in [-0.39, 0.29) is 5.91 Å². The van der Waals surface area contributed by atoms with E-state index in [2.05, 4.69) is 24.1 Å². The highest BCUT2D eigenvalue weighted by Gasteiger charge is 2.23. The standard InChI is InChI=1S/C16H25N3O/c1-4-13(2)18-9-11-19(12-10-18)16(20)14-5-7-15(17-3)8-6-14/h5-8,13,17H,4,9-12H2,1-3H3. The van der Waals surface area contributed by atoms with Crippen molar-refractivity contribution in [3.63, 3.8) is 0 Å². The molecular formula is C16H25N3O. The summed E-state index contributed by atoms with van der Waals surface area (Å²) in [4.78, 5) is 16.9. The number of anilines is 1. The van der Waals surface area contributed by atoms with Crippen molar-refractivity contribution in [2.24, 2.45) is 0 Å².